The normalized spacial score (nSPS) is 22.5. The van der Waals surface area contributed by atoms with Gasteiger partial charge in [-0.05, 0) is 54.7 Å². The van der Waals surface area contributed by atoms with E-state index in [1.54, 1.807) is 7.11 Å². The second-order valence-corrected chi connectivity index (χ2v) is 8.48. The second kappa shape index (κ2) is 8.03. The summed E-state index contributed by atoms with van der Waals surface area (Å²) in [5.41, 5.74) is 6.29. The Labute approximate surface area is 183 Å². The predicted molar refractivity (Wildman–Crippen MR) is 125 cm³/mol. The quantitative estimate of drug-likeness (QED) is 0.576. The number of hydrogen-bond acceptors (Lipinski definition) is 4. The molecule has 0 bridgehead atoms. The van der Waals surface area contributed by atoms with E-state index in [-0.39, 0.29) is 23.7 Å². The summed E-state index contributed by atoms with van der Waals surface area (Å²) in [6, 6.07) is 24.4. The number of carbonyl (C=O) groups is 1. The average Bonchev–Trinajstić information content (AvgIpc) is 2.96. The van der Waals surface area contributed by atoms with Crippen LogP contribution in [0.2, 0.25) is 0 Å². The van der Waals surface area contributed by atoms with Crippen molar-refractivity contribution in [2.75, 3.05) is 12.4 Å². The first-order chi connectivity index (χ1) is 15.1. The first kappa shape index (κ1) is 19.6. The van der Waals surface area contributed by atoms with E-state index in [1.165, 1.54) is 11.1 Å². The van der Waals surface area contributed by atoms with Crippen LogP contribution in [0.5, 0.6) is 5.75 Å². The summed E-state index contributed by atoms with van der Waals surface area (Å²) in [4.78, 5) is 18.6. The third-order valence-corrected chi connectivity index (χ3v) is 6.42. The number of benzene rings is 3. The third-order valence-electron chi connectivity index (χ3n) is 6.42. The Kier molecular flexibility index (Phi) is 5.06. The van der Waals surface area contributed by atoms with Crippen molar-refractivity contribution in [3.05, 3.63) is 89.5 Å². The van der Waals surface area contributed by atoms with Gasteiger partial charge in [0.1, 0.15) is 11.5 Å². The number of hydrogen-bond donors (Lipinski definition) is 1. The maximum Gasteiger partial charge on any atom is 0.144 e. The molecule has 1 fully saturated rings. The van der Waals surface area contributed by atoms with Gasteiger partial charge in [0.25, 0.3) is 0 Å². The fraction of sp³-hybridized carbons (Fsp3) is 0.259. The van der Waals surface area contributed by atoms with E-state index in [4.69, 9.17) is 9.73 Å². The molecule has 3 atom stereocenters. The van der Waals surface area contributed by atoms with E-state index in [1.807, 2.05) is 42.5 Å². The number of aryl methyl sites for hydroxylation is 1. The fourth-order valence-electron chi connectivity index (χ4n) is 4.78. The molecule has 1 unspecified atom stereocenters. The van der Waals surface area contributed by atoms with E-state index < -0.39 is 0 Å². The number of fused-ring (bicyclic) bond motifs is 2. The van der Waals surface area contributed by atoms with Crippen molar-refractivity contribution < 1.29 is 9.53 Å². The molecule has 31 heavy (non-hydrogen) atoms. The van der Waals surface area contributed by atoms with Gasteiger partial charge < -0.3 is 10.1 Å². The van der Waals surface area contributed by atoms with Crippen molar-refractivity contribution in [3.63, 3.8) is 0 Å². The van der Waals surface area contributed by atoms with Crippen LogP contribution in [0.1, 0.15) is 41.5 Å². The third kappa shape index (κ3) is 3.74. The van der Waals surface area contributed by atoms with Crippen LogP contribution in [0.4, 0.5) is 11.4 Å². The highest BCUT2D eigenvalue weighted by Crippen LogP contribution is 2.44. The molecule has 156 valence electrons. The van der Waals surface area contributed by atoms with Crippen LogP contribution in [0.15, 0.2) is 77.8 Å². The summed E-state index contributed by atoms with van der Waals surface area (Å²) in [5.74, 6) is 0.903. The highest BCUT2D eigenvalue weighted by atomic mass is 16.5. The molecule has 3 aromatic carbocycles. The fourth-order valence-corrected chi connectivity index (χ4v) is 4.78. The number of carbonyl (C=O) groups excluding carboxylic acids is 1. The Morgan fingerprint density at radius 3 is 2.55 bits per heavy atom. The highest BCUT2D eigenvalue weighted by molar-refractivity contribution is 6.10. The van der Waals surface area contributed by atoms with Gasteiger partial charge in [-0.15, -0.1) is 0 Å². The lowest BCUT2D eigenvalue weighted by Gasteiger charge is -2.34. The molecule has 0 aromatic heterocycles. The summed E-state index contributed by atoms with van der Waals surface area (Å²) in [7, 11) is 1.67. The lowest BCUT2D eigenvalue weighted by Crippen LogP contribution is -2.38. The van der Waals surface area contributed by atoms with Gasteiger partial charge in [0.2, 0.25) is 0 Å². The van der Waals surface area contributed by atoms with Crippen LogP contribution in [-0.4, -0.2) is 18.6 Å². The van der Waals surface area contributed by atoms with Gasteiger partial charge in [-0.25, -0.2) is 0 Å². The second-order valence-electron chi connectivity index (χ2n) is 8.48. The zero-order valence-electron chi connectivity index (χ0n) is 17.8. The van der Waals surface area contributed by atoms with E-state index in [2.05, 4.69) is 42.6 Å². The van der Waals surface area contributed by atoms with Crippen LogP contribution in [0, 0.1) is 12.8 Å². The molecule has 1 N–H and O–H groups in total. The molecular formula is C27H26N2O2. The number of ether oxygens (including phenoxy) is 1. The Morgan fingerprint density at radius 1 is 0.935 bits per heavy atom. The van der Waals surface area contributed by atoms with Gasteiger partial charge in [0.05, 0.1) is 30.4 Å². The van der Waals surface area contributed by atoms with Crippen molar-refractivity contribution in [2.45, 2.75) is 31.7 Å². The van der Waals surface area contributed by atoms with E-state index >= 15 is 0 Å². The number of Topliss-reactive ketones (excluding diaryl/α,β-unsaturated/α-hetero) is 1. The number of ketones is 1. The number of anilines is 1. The zero-order chi connectivity index (χ0) is 21.4. The maximum atomic E-state index is 13.6. The molecule has 4 nitrogen and oxygen atoms in total. The minimum atomic E-state index is -0.291. The van der Waals surface area contributed by atoms with Crippen LogP contribution >= 0.6 is 0 Å². The van der Waals surface area contributed by atoms with Crippen LogP contribution in [0.3, 0.4) is 0 Å². The molecule has 2 aliphatic rings. The Hall–Kier alpha value is -3.40. The van der Waals surface area contributed by atoms with E-state index in [9.17, 15) is 4.79 Å². The van der Waals surface area contributed by atoms with Crippen LogP contribution < -0.4 is 10.1 Å². The summed E-state index contributed by atoms with van der Waals surface area (Å²) >= 11 is 0. The smallest absolute Gasteiger partial charge is 0.144 e. The van der Waals surface area contributed by atoms with E-state index in [0.717, 1.165) is 34.8 Å². The number of methoxy groups -OCH3 is 1. The van der Waals surface area contributed by atoms with Crippen molar-refractivity contribution in [1.82, 2.24) is 0 Å². The number of rotatable bonds is 3. The zero-order valence-corrected chi connectivity index (χ0v) is 17.8. The number of nitrogens with one attached hydrogen (secondary N) is 1. The monoisotopic (exact) mass is 410 g/mol. The van der Waals surface area contributed by atoms with Crippen LogP contribution in [0.25, 0.3) is 0 Å². The molecule has 0 radical (unpaired) electrons. The van der Waals surface area contributed by atoms with Gasteiger partial charge in [-0.2, -0.15) is 0 Å². The first-order valence-electron chi connectivity index (χ1n) is 10.8. The minimum Gasteiger partial charge on any atom is -0.497 e. The van der Waals surface area contributed by atoms with Crippen molar-refractivity contribution in [1.29, 1.82) is 0 Å². The Morgan fingerprint density at radius 2 is 1.74 bits per heavy atom. The van der Waals surface area contributed by atoms with Gasteiger partial charge >= 0.3 is 0 Å². The van der Waals surface area contributed by atoms with Crippen molar-refractivity contribution in [3.8, 4) is 5.75 Å². The summed E-state index contributed by atoms with van der Waals surface area (Å²) in [6.07, 6.45) is 1.32. The topological polar surface area (TPSA) is 50.7 Å². The maximum absolute atomic E-state index is 13.6. The van der Waals surface area contributed by atoms with Gasteiger partial charge in [-0.1, -0.05) is 54.1 Å². The molecule has 5 rings (SSSR count). The molecular weight excluding hydrogens is 384 g/mol. The molecule has 1 saturated carbocycles. The SMILES string of the molecule is COc1cccc([C@H]2Nc3ccccc3N=C3C[C@H](c4ccc(C)cc4)CC(=O)C32)c1. The average molecular weight is 411 g/mol. The molecule has 4 heteroatoms. The molecule has 0 saturated heterocycles. The number of aliphatic imine (C=N–C) groups is 1. The molecule has 1 aliphatic heterocycles. The molecule has 0 amide bonds. The predicted octanol–water partition coefficient (Wildman–Crippen LogP) is 6.01. The summed E-state index contributed by atoms with van der Waals surface area (Å²) in [6.45, 7) is 2.09. The molecule has 1 heterocycles. The Bertz CT molecular complexity index is 1150. The van der Waals surface area contributed by atoms with E-state index in [0.29, 0.717) is 6.42 Å². The van der Waals surface area contributed by atoms with Gasteiger partial charge in [0, 0.05) is 12.1 Å². The number of para-hydroxylation sites is 2. The van der Waals surface area contributed by atoms with Crippen molar-refractivity contribution in [2.24, 2.45) is 10.9 Å². The minimum absolute atomic E-state index is 0.166. The summed E-state index contributed by atoms with van der Waals surface area (Å²) in [5, 5.41) is 3.63. The molecule has 1 aliphatic carbocycles. The standard InChI is InChI=1S/C27H26N2O2/c1-17-10-12-18(13-11-17)20-15-24-26(25(30)16-20)27(19-6-5-7-21(14-19)31-2)29-23-9-4-3-8-22(23)28-24/h3-14,20,26-27,29H,15-16H2,1-2H3/t20-,26?,27+/m0/s1. The Balaban J connectivity index is 1.58. The van der Waals surface area contributed by atoms with Gasteiger partial charge in [-0.3, -0.25) is 9.79 Å². The summed E-state index contributed by atoms with van der Waals surface area (Å²) < 4.78 is 5.45. The molecule has 3 aromatic rings. The molecule has 0 spiro atoms. The first-order valence-corrected chi connectivity index (χ1v) is 10.8. The van der Waals surface area contributed by atoms with Crippen molar-refractivity contribution >= 4 is 22.9 Å². The van der Waals surface area contributed by atoms with Crippen LogP contribution in [-0.2, 0) is 4.79 Å². The number of nitrogens with zero attached hydrogens (tertiary/aromatic N) is 1. The highest BCUT2D eigenvalue weighted by Gasteiger charge is 2.41. The largest absolute Gasteiger partial charge is 0.497 e. The van der Waals surface area contributed by atoms with Gasteiger partial charge in [0.15, 0.2) is 0 Å². The lowest BCUT2D eigenvalue weighted by molar-refractivity contribution is -0.122. The lowest BCUT2D eigenvalue weighted by atomic mass is 9.72.